The number of phenolic OH excluding ortho intramolecular Hbond substituents is 1. The third kappa shape index (κ3) is 9.79. The Morgan fingerprint density at radius 3 is 1.71 bits per heavy atom. The molecule has 0 aliphatic rings. The quantitative estimate of drug-likeness (QED) is 0.162. The van der Waals surface area contributed by atoms with Gasteiger partial charge >= 0.3 is 0 Å². The van der Waals surface area contributed by atoms with Crippen LogP contribution in [0.15, 0.2) is 164 Å². The molecule has 0 unspecified atom stereocenters. The number of fused-ring (bicyclic) bond motifs is 1. The molecular weight excluding hydrogens is 1020 g/mol. The van der Waals surface area contributed by atoms with E-state index in [2.05, 4.69) is 39.0 Å². The molecule has 2 heterocycles. The Morgan fingerprint density at radius 1 is 0.522 bits per heavy atom. The molecular formula is C64H64N3OPt-. The molecule has 0 aliphatic heterocycles. The summed E-state index contributed by atoms with van der Waals surface area (Å²) in [5.74, 6) is -2.39. The van der Waals surface area contributed by atoms with Gasteiger partial charge in [-0.1, -0.05) is 203 Å². The largest absolute Gasteiger partial charge is 0.507 e. The summed E-state index contributed by atoms with van der Waals surface area (Å²) in [5, 5.41) is 13.4. The van der Waals surface area contributed by atoms with Gasteiger partial charge in [0.25, 0.3) is 0 Å². The average molecular weight is 1110 g/mol. The number of nitrogens with zero attached hydrogens (tertiary/aromatic N) is 3. The van der Waals surface area contributed by atoms with Crippen LogP contribution in [0.25, 0.3) is 83.9 Å². The van der Waals surface area contributed by atoms with Gasteiger partial charge in [-0.15, -0.1) is 29.8 Å². The molecule has 0 fully saturated rings. The summed E-state index contributed by atoms with van der Waals surface area (Å²) in [4.78, 5) is 9.89. The molecule has 7 aromatic carbocycles. The summed E-state index contributed by atoms with van der Waals surface area (Å²) in [6, 6.07) is 43.9. The molecule has 0 amide bonds. The first-order chi connectivity index (χ1) is 40.5. The van der Waals surface area contributed by atoms with Crippen molar-refractivity contribution in [3.05, 3.63) is 192 Å². The van der Waals surface area contributed by atoms with Crippen molar-refractivity contribution in [2.45, 2.75) is 104 Å². The van der Waals surface area contributed by atoms with Gasteiger partial charge in [-0.2, -0.15) is 0 Å². The third-order valence-corrected chi connectivity index (χ3v) is 12.2. The normalized spacial score (nSPS) is 17.7. The van der Waals surface area contributed by atoms with Crippen LogP contribution in [-0.4, -0.2) is 19.6 Å². The first-order valence-corrected chi connectivity index (χ1v) is 22.3. The van der Waals surface area contributed by atoms with E-state index in [1.807, 2.05) is 81.4 Å². The summed E-state index contributed by atoms with van der Waals surface area (Å²) < 4.78 is 181. The van der Waals surface area contributed by atoms with Crippen molar-refractivity contribution in [1.82, 2.24) is 14.5 Å². The fourth-order valence-corrected chi connectivity index (χ4v) is 8.54. The molecule has 0 saturated heterocycles. The molecule has 352 valence electrons. The average Bonchev–Trinajstić information content (AvgIpc) is 0.973. The zero-order valence-corrected chi connectivity index (χ0v) is 41.3. The van der Waals surface area contributed by atoms with E-state index in [0.29, 0.717) is 44.6 Å². The Morgan fingerprint density at radius 2 is 1.12 bits per heavy atom. The molecule has 69 heavy (non-hydrogen) atoms. The molecule has 9 aromatic rings. The van der Waals surface area contributed by atoms with Crippen molar-refractivity contribution in [3.8, 4) is 78.6 Å². The Bertz CT molecular complexity index is 3900. The number of pyridine rings is 1. The van der Waals surface area contributed by atoms with Gasteiger partial charge in [0.1, 0.15) is 11.6 Å². The zero-order chi connectivity index (χ0) is 65.1. The predicted molar refractivity (Wildman–Crippen MR) is 287 cm³/mol. The molecule has 0 atom stereocenters. The molecule has 0 saturated carbocycles. The second kappa shape index (κ2) is 18.5. The van der Waals surface area contributed by atoms with Crippen molar-refractivity contribution >= 4 is 11.0 Å². The summed E-state index contributed by atoms with van der Waals surface area (Å²) >= 11 is 0. The number of aromatic hydroxyl groups is 1. The molecule has 9 rings (SSSR count). The van der Waals surface area contributed by atoms with Crippen molar-refractivity contribution in [2.24, 2.45) is 0 Å². The number of hydrogen-bond acceptors (Lipinski definition) is 3. The van der Waals surface area contributed by atoms with Crippen molar-refractivity contribution in [2.75, 3.05) is 0 Å². The Kier molecular flexibility index (Phi) is 7.95. The van der Waals surface area contributed by atoms with Crippen LogP contribution in [-0.2, 0) is 42.7 Å². The fourth-order valence-electron chi connectivity index (χ4n) is 8.54. The Hall–Kier alpha value is -6.35. The molecule has 0 spiro atoms. The number of hydrogen-bond donors (Lipinski definition) is 1. The summed E-state index contributed by atoms with van der Waals surface area (Å²) in [6.45, 7) is -13.7. The van der Waals surface area contributed by atoms with E-state index in [-0.39, 0.29) is 43.2 Å². The van der Waals surface area contributed by atoms with Crippen molar-refractivity contribution in [3.63, 3.8) is 0 Å². The van der Waals surface area contributed by atoms with E-state index in [4.69, 9.17) is 34.6 Å². The van der Waals surface area contributed by atoms with E-state index < -0.39 is 97.7 Å². The van der Waals surface area contributed by atoms with Gasteiger partial charge in [-0.25, -0.2) is 4.98 Å². The van der Waals surface area contributed by atoms with Crippen molar-refractivity contribution < 1.29 is 53.6 Å². The maximum atomic E-state index is 13.4. The maximum Gasteiger partial charge on any atom is 0.148 e. The minimum Gasteiger partial charge on any atom is -0.507 e. The topological polar surface area (TPSA) is 50.9 Å². The van der Waals surface area contributed by atoms with Crippen LogP contribution < -0.4 is 0 Å². The van der Waals surface area contributed by atoms with Crippen LogP contribution in [0.5, 0.6) is 5.75 Å². The Balaban J connectivity index is 0.0000102. The van der Waals surface area contributed by atoms with Crippen LogP contribution in [0, 0.1) is 6.07 Å². The molecule has 4 nitrogen and oxygen atoms in total. The standard InChI is InChI=1S/C64H64N3O.Pt/c1-61(2,3)47-31-29-41(30-32-47)44-33-34-65-55(36-44)46-26-19-25-45(35-46)50-27-20-28-56-57(50)66-60(53-39-49(63(7,8)9)40-54(59(53)68)64(10,11)12)67(56)58-51(42-21-15-13-16-22-42)37-48(62(4,5)6)38-52(58)43-23-17-14-18-24-43;/h13-34,36-40,68H,1-12H3;/q-1;/i7D3,8D3,9D3,10D3,11D3,12D3,39D,40D;. The van der Waals surface area contributed by atoms with E-state index in [1.165, 1.54) is 4.57 Å². The minimum atomic E-state index is -4.45. The number of imidazole rings is 1. The summed E-state index contributed by atoms with van der Waals surface area (Å²) in [5.41, 5.74) is -6.59. The van der Waals surface area contributed by atoms with Crippen LogP contribution >= 0.6 is 0 Å². The van der Waals surface area contributed by atoms with Gasteiger partial charge in [0.15, 0.2) is 0 Å². The second-order valence-corrected chi connectivity index (χ2v) is 19.3. The number of aromatic nitrogens is 3. The number of phenols is 1. The SMILES string of the molecule is [2H]c1c(-c2nc3c(-c4[c-]c(-c5cc(-c6ccc(C(C)(C)C)cc6)ccn5)ccc4)cccc3n2-c2c(-c3ccccc3)cc(C(C)(C)C)cc2-c2ccccc2)c(O)c(C(C([2H])([2H])[2H])(C([2H])([2H])[2H])C([2H])([2H])[2H])c([2H])c1C(C([2H])([2H])[2H])(C([2H])([2H])[2H])C([2H])([2H])[2H].[Pt]. The van der Waals surface area contributed by atoms with Crippen LogP contribution in [0.2, 0.25) is 0 Å². The van der Waals surface area contributed by atoms with E-state index in [9.17, 15) is 7.85 Å². The fraction of sp³-hybridized carbons (Fsp3) is 0.250. The maximum absolute atomic E-state index is 13.4. The summed E-state index contributed by atoms with van der Waals surface area (Å²) in [7, 11) is 0. The van der Waals surface area contributed by atoms with Gasteiger partial charge in [-0.05, 0) is 90.9 Å². The van der Waals surface area contributed by atoms with Crippen LogP contribution in [0.3, 0.4) is 0 Å². The molecule has 1 N–H and O–H groups in total. The minimum absolute atomic E-state index is 0. The van der Waals surface area contributed by atoms with Gasteiger partial charge in [0, 0.05) is 74.3 Å². The van der Waals surface area contributed by atoms with Gasteiger partial charge in [-0.3, -0.25) is 9.55 Å². The first-order valence-electron chi connectivity index (χ1n) is 32.3. The molecule has 0 radical (unpaired) electrons. The van der Waals surface area contributed by atoms with Crippen molar-refractivity contribution in [1.29, 1.82) is 0 Å². The molecule has 0 bridgehead atoms. The van der Waals surface area contributed by atoms with Gasteiger partial charge < -0.3 is 5.11 Å². The summed E-state index contributed by atoms with van der Waals surface area (Å²) in [6.07, 6.45) is 1.67. The molecule has 2 aromatic heterocycles. The molecule has 0 aliphatic carbocycles. The first kappa shape index (κ1) is 29.6. The number of benzene rings is 7. The third-order valence-electron chi connectivity index (χ3n) is 12.2. The van der Waals surface area contributed by atoms with Crippen LogP contribution in [0.4, 0.5) is 0 Å². The van der Waals surface area contributed by atoms with E-state index in [1.54, 1.807) is 79.0 Å². The number of rotatable bonds is 7. The van der Waals surface area contributed by atoms with Crippen LogP contribution in [0.1, 0.15) is 132 Å². The van der Waals surface area contributed by atoms with E-state index >= 15 is 0 Å². The second-order valence-electron chi connectivity index (χ2n) is 19.3. The molecule has 5 heteroatoms. The van der Waals surface area contributed by atoms with E-state index in [0.717, 1.165) is 22.3 Å². The monoisotopic (exact) mass is 1110 g/mol. The Labute approximate surface area is 452 Å². The zero-order valence-electron chi connectivity index (χ0n) is 59.0. The smallest absolute Gasteiger partial charge is 0.148 e. The van der Waals surface area contributed by atoms with Gasteiger partial charge in [0.2, 0.25) is 0 Å². The van der Waals surface area contributed by atoms with Gasteiger partial charge in [0.05, 0.1) is 25.0 Å². The predicted octanol–water partition coefficient (Wildman–Crippen LogP) is 17.1. The number of para-hydroxylation sites is 1.